The minimum absolute atomic E-state index is 0.133. The molecular weight excluding hydrogens is 392 g/mol. The van der Waals surface area contributed by atoms with Gasteiger partial charge in [0.2, 0.25) is 0 Å². The molecule has 2 aromatic carbocycles. The van der Waals surface area contributed by atoms with Crippen LogP contribution in [0.4, 0.5) is 5.69 Å². The average Bonchev–Trinajstić information content (AvgIpc) is 2.99. The minimum atomic E-state index is -0.982. The van der Waals surface area contributed by atoms with E-state index in [1.54, 1.807) is 24.3 Å². The number of benzene rings is 2. The highest BCUT2D eigenvalue weighted by Crippen LogP contribution is 2.39. The van der Waals surface area contributed by atoms with Gasteiger partial charge in [-0.15, -0.1) is 0 Å². The van der Waals surface area contributed by atoms with Gasteiger partial charge in [0, 0.05) is 24.2 Å². The predicted octanol–water partition coefficient (Wildman–Crippen LogP) is 2.41. The van der Waals surface area contributed by atoms with E-state index in [0.717, 1.165) is 4.90 Å². The number of rotatable bonds is 7. The Morgan fingerprint density at radius 2 is 1.77 bits per heavy atom. The van der Waals surface area contributed by atoms with Gasteiger partial charge in [-0.2, -0.15) is 0 Å². The summed E-state index contributed by atoms with van der Waals surface area (Å²) in [6.07, 6.45) is 0. The SMILES string of the molecule is CCOc1ccc(/C(O)=C2\C(=O)C(=O)N(CCO)C2c2ccc([N+](=O)[O-])cc2)cc1. The zero-order chi connectivity index (χ0) is 21.8. The number of ether oxygens (including phenoxy) is 1. The number of aliphatic hydroxyl groups is 2. The Balaban J connectivity index is 2.10. The number of β-amino-alcohol motifs (C(OH)–C–C–N with tert-alkyl or cyclic N) is 1. The number of likely N-dealkylation sites (tertiary alicyclic amines) is 1. The number of non-ortho nitro benzene ring substituents is 1. The van der Waals surface area contributed by atoms with Crippen LogP contribution in [0.15, 0.2) is 54.1 Å². The standard InChI is InChI=1S/C21H20N2O7/c1-2-30-16-9-5-14(6-10-16)19(25)17-18(22(11-12-24)21(27)20(17)26)13-3-7-15(8-4-13)23(28)29/h3-10,18,24-25H,2,11-12H2,1H3/b19-17+. The lowest BCUT2D eigenvalue weighted by Crippen LogP contribution is -2.32. The first-order valence-corrected chi connectivity index (χ1v) is 9.25. The molecule has 30 heavy (non-hydrogen) atoms. The summed E-state index contributed by atoms with van der Waals surface area (Å²) in [7, 11) is 0. The Morgan fingerprint density at radius 3 is 2.30 bits per heavy atom. The third kappa shape index (κ3) is 3.87. The highest BCUT2D eigenvalue weighted by atomic mass is 16.6. The van der Waals surface area contributed by atoms with Gasteiger partial charge in [-0.3, -0.25) is 19.7 Å². The van der Waals surface area contributed by atoms with Gasteiger partial charge in [0.1, 0.15) is 11.5 Å². The normalized spacial score (nSPS) is 17.9. The molecule has 1 unspecified atom stereocenters. The average molecular weight is 412 g/mol. The second-order valence-electron chi connectivity index (χ2n) is 6.52. The lowest BCUT2D eigenvalue weighted by molar-refractivity contribution is -0.384. The molecule has 0 saturated carbocycles. The van der Waals surface area contributed by atoms with Crippen LogP contribution >= 0.6 is 0 Å². The molecule has 1 saturated heterocycles. The molecule has 9 heteroatoms. The Kier molecular flexibility index (Phi) is 6.12. The maximum atomic E-state index is 12.7. The molecule has 1 atom stereocenters. The Labute approximate surface area is 172 Å². The molecule has 1 heterocycles. The fourth-order valence-electron chi connectivity index (χ4n) is 3.37. The smallest absolute Gasteiger partial charge is 0.295 e. The molecule has 9 nitrogen and oxygen atoms in total. The monoisotopic (exact) mass is 412 g/mol. The third-order valence-corrected chi connectivity index (χ3v) is 4.74. The van der Waals surface area contributed by atoms with E-state index in [2.05, 4.69) is 0 Å². The van der Waals surface area contributed by atoms with E-state index in [4.69, 9.17) is 4.74 Å². The molecule has 1 aliphatic rings. The van der Waals surface area contributed by atoms with Crippen molar-refractivity contribution in [2.45, 2.75) is 13.0 Å². The summed E-state index contributed by atoms with van der Waals surface area (Å²) < 4.78 is 5.36. The number of hydrogen-bond donors (Lipinski definition) is 2. The zero-order valence-electron chi connectivity index (χ0n) is 16.1. The molecule has 0 radical (unpaired) electrons. The molecule has 1 fully saturated rings. The van der Waals surface area contributed by atoms with E-state index in [-0.39, 0.29) is 30.2 Å². The molecule has 0 aliphatic carbocycles. The number of hydrogen-bond acceptors (Lipinski definition) is 7. The second kappa shape index (κ2) is 8.75. The van der Waals surface area contributed by atoms with Crippen molar-refractivity contribution in [2.75, 3.05) is 19.8 Å². The van der Waals surface area contributed by atoms with Crippen molar-refractivity contribution in [3.63, 3.8) is 0 Å². The molecule has 1 aliphatic heterocycles. The van der Waals surface area contributed by atoms with E-state index in [1.807, 2.05) is 6.92 Å². The topological polar surface area (TPSA) is 130 Å². The summed E-state index contributed by atoms with van der Waals surface area (Å²) in [6.45, 7) is 1.78. The number of nitro groups is 1. The van der Waals surface area contributed by atoms with Crippen LogP contribution < -0.4 is 4.74 Å². The first kappa shape index (κ1) is 21.0. The summed E-state index contributed by atoms with van der Waals surface area (Å²) in [5.41, 5.74) is 0.420. The molecule has 0 bridgehead atoms. The summed E-state index contributed by atoms with van der Waals surface area (Å²) in [5, 5.41) is 31.1. The maximum absolute atomic E-state index is 12.7. The van der Waals surface area contributed by atoms with Gasteiger partial charge in [0.25, 0.3) is 17.4 Å². The van der Waals surface area contributed by atoms with Crippen LogP contribution in [0.25, 0.3) is 5.76 Å². The van der Waals surface area contributed by atoms with Crippen LogP contribution in [0.2, 0.25) is 0 Å². The van der Waals surface area contributed by atoms with Crippen molar-refractivity contribution >= 4 is 23.1 Å². The van der Waals surface area contributed by atoms with E-state index in [9.17, 15) is 29.9 Å². The molecule has 2 N–H and O–H groups in total. The Morgan fingerprint density at radius 1 is 1.13 bits per heavy atom. The number of nitro benzene ring substituents is 1. The van der Waals surface area contributed by atoms with E-state index < -0.39 is 22.7 Å². The van der Waals surface area contributed by atoms with Gasteiger partial charge in [-0.25, -0.2) is 0 Å². The van der Waals surface area contributed by atoms with Crippen molar-refractivity contribution in [3.8, 4) is 5.75 Å². The number of aliphatic hydroxyl groups excluding tert-OH is 2. The number of nitrogens with zero attached hydrogens (tertiary/aromatic N) is 2. The first-order chi connectivity index (χ1) is 14.4. The fraction of sp³-hybridized carbons (Fsp3) is 0.238. The van der Waals surface area contributed by atoms with Gasteiger partial charge < -0.3 is 19.8 Å². The van der Waals surface area contributed by atoms with Gasteiger partial charge in [0.15, 0.2) is 0 Å². The van der Waals surface area contributed by atoms with Crippen molar-refractivity contribution in [1.82, 2.24) is 4.90 Å². The molecule has 2 aromatic rings. The molecule has 3 rings (SSSR count). The highest BCUT2D eigenvalue weighted by Gasteiger charge is 2.45. The molecular formula is C21H20N2O7. The number of carbonyl (C=O) groups excluding carboxylic acids is 2. The van der Waals surface area contributed by atoms with Crippen LogP contribution in [-0.4, -0.2) is 51.5 Å². The van der Waals surface area contributed by atoms with E-state index >= 15 is 0 Å². The largest absolute Gasteiger partial charge is 0.507 e. The molecule has 156 valence electrons. The van der Waals surface area contributed by atoms with Crippen LogP contribution in [0.5, 0.6) is 5.75 Å². The lowest BCUT2D eigenvalue weighted by atomic mass is 9.95. The van der Waals surface area contributed by atoms with Crippen LogP contribution in [-0.2, 0) is 9.59 Å². The molecule has 0 spiro atoms. The summed E-state index contributed by atoms with van der Waals surface area (Å²) in [6, 6.07) is 10.8. The highest BCUT2D eigenvalue weighted by molar-refractivity contribution is 6.46. The first-order valence-electron chi connectivity index (χ1n) is 9.25. The molecule has 0 aromatic heterocycles. The predicted molar refractivity (Wildman–Crippen MR) is 107 cm³/mol. The maximum Gasteiger partial charge on any atom is 0.295 e. The minimum Gasteiger partial charge on any atom is -0.507 e. The summed E-state index contributed by atoms with van der Waals surface area (Å²) in [5.74, 6) is -1.54. The van der Waals surface area contributed by atoms with E-state index in [1.165, 1.54) is 24.3 Å². The van der Waals surface area contributed by atoms with Crippen LogP contribution in [0.1, 0.15) is 24.1 Å². The molecule has 1 amide bonds. The fourth-order valence-corrected chi connectivity index (χ4v) is 3.37. The zero-order valence-corrected chi connectivity index (χ0v) is 16.1. The van der Waals surface area contributed by atoms with Crippen molar-refractivity contribution < 1.29 is 29.5 Å². The van der Waals surface area contributed by atoms with Crippen LogP contribution in [0.3, 0.4) is 0 Å². The van der Waals surface area contributed by atoms with Gasteiger partial charge in [-0.05, 0) is 48.9 Å². The third-order valence-electron chi connectivity index (χ3n) is 4.74. The van der Waals surface area contributed by atoms with Crippen molar-refractivity contribution in [3.05, 3.63) is 75.3 Å². The number of ketones is 1. The quantitative estimate of drug-likeness (QED) is 0.235. The van der Waals surface area contributed by atoms with Gasteiger partial charge in [0.05, 0.1) is 29.8 Å². The van der Waals surface area contributed by atoms with Gasteiger partial charge >= 0.3 is 0 Å². The summed E-state index contributed by atoms with van der Waals surface area (Å²) >= 11 is 0. The van der Waals surface area contributed by atoms with Crippen LogP contribution in [0, 0.1) is 10.1 Å². The van der Waals surface area contributed by atoms with Gasteiger partial charge in [-0.1, -0.05) is 0 Å². The Hall–Kier alpha value is -3.72. The van der Waals surface area contributed by atoms with Crippen molar-refractivity contribution in [1.29, 1.82) is 0 Å². The number of Topliss-reactive ketones (excluding diaryl/α,β-unsaturated/α-hetero) is 1. The lowest BCUT2D eigenvalue weighted by Gasteiger charge is -2.24. The Bertz CT molecular complexity index is 997. The number of amides is 1. The van der Waals surface area contributed by atoms with E-state index in [0.29, 0.717) is 23.5 Å². The second-order valence-corrected chi connectivity index (χ2v) is 6.52. The van der Waals surface area contributed by atoms with Crippen molar-refractivity contribution in [2.24, 2.45) is 0 Å². The number of carbonyl (C=O) groups is 2. The summed E-state index contributed by atoms with van der Waals surface area (Å²) in [4.78, 5) is 36.8.